The van der Waals surface area contributed by atoms with Crippen molar-refractivity contribution in [3.8, 4) is 11.8 Å². The largest absolute Gasteiger partial charge is 0.495 e. The lowest BCUT2D eigenvalue weighted by molar-refractivity contribution is 0.0993. The molecule has 1 aromatic carbocycles. The number of carbonyl (C=O) groups excluding carboxylic acids is 1. The Morgan fingerprint density at radius 2 is 2.13 bits per heavy atom. The van der Waals surface area contributed by atoms with Crippen LogP contribution in [0.3, 0.4) is 0 Å². The summed E-state index contributed by atoms with van der Waals surface area (Å²) >= 11 is 0. The van der Waals surface area contributed by atoms with E-state index in [1.807, 2.05) is 6.07 Å². The summed E-state index contributed by atoms with van der Waals surface area (Å²) in [5.74, 6) is 0.288. The number of ether oxygens (including phenoxy) is 1. The molecule has 2 aromatic heterocycles. The average Bonchev–Trinajstić information content (AvgIpc) is 3.07. The lowest BCUT2D eigenvalue weighted by atomic mass is 10.1. The molecule has 0 aliphatic heterocycles. The van der Waals surface area contributed by atoms with Gasteiger partial charge in [-0.15, -0.1) is 0 Å². The van der Waals surface area contributed by atoms with Crippen LogP contribution in [0.4, 0.5) is 5.69 Å². The highest BCUT2D eigenvalue weighted by atomic mass is 16.5. The van der Waals surface area contributed by atoms with Gasteiger partial charge in [-0.05, 0) is 30.3 Å². The molecule has 23 heavy (non-hydrogen) atoms. The highest BCUT2D eigenvalue weighted by Crippen LogP contribution is 2.25. The second kappa shape index (κ2) is 5.81. The summed E-state index contributed by atoms with van der Waals surface area (Å²) in [7, 11) is 3.18. The van der Waals surface area contributed by atoms with Gasteiger partial charge in [-0.1, -0.05) is 0 Å². The number of nitriles is 1. The fraction of sp³-hybridized carbons (Fsp3) is 0.118. The van der Waals surface area contributed by atoms with Gasteiger partial charge in [-0.3, -0.25) is 4.79 Å². The van der Waals surface area contributed by atoms with Crippen LogP contribution >= 0.6 is 0 Å². The average molecular weight is 306 g/mol. The maximum absolute atomic E-state index is 12.7. The van der Waals surface area contributed by atoms with Gasteiger partial charge >= 0.3 is 0 Å². The van der Waals surface area contributed by atoms with E-state index in [0.717, 1.165) is 5.52 Å². The fourth-order valence-corrected chi connectivity index (χ4v) is 2.35. The smallest absolute Gasteiger partial charge is 0.258 e. The zero-order valence-electron chi connectivity index (χ0n) is 12.7. The summed E-state index contributed by atoms with van der Waals surface area (Å²) in [4.78, 5) is 14.2. The number of carbonyl (C=O) groups is 1. The van der Waals surface area contributed by atoms with Crippen LogP contribution in [-0.2, 0) is 0 Å². The maximum Gasteiger partial charge on any atom is 0.258 e. The Balaban J connectivity index is 1.94. The molecule has 2 heterocycles. The molecule has 0 spiro atoms. The van der Waals surface area contributed by atoms with Gasteiger partial charge in [0.15, 0.2) is 0 Å². The summed E-state index contributed by atoms with van der Waals surface area (Å²) < 4.78 is 6.88. The first-order valence-electron chi connectivity index (χ1n) is 6.93. The summed E-state index contributed by atoms with van der Waals surface area (Å²) in [6, 6.07) is 12.4. The maximum atomic E-state index is 12.7. The van der Waals surface area contributed by atoms with Crippen molar-refractivity contribution in [2.75, 3.05) is 19.1 Å². The molecule has 3 rings (SSSR count). The number of rotatable bonds is 3. The minimum absolute atomic E-state index is 0.152. The first-order chi connectivity index (χ1) is 11.1. The highest BCUT2D eigenvalue weighted by Gasteiger charge is 2.16. The van der Waals surface area contributed by atoms with Crippen LogP contribution in [0, 0.1) is 11.3 Å². The van der Waals surface area contributed by atoms with E-state index in [1.165, 1.54) is 12.0 Å². The number of nitrogens with zero attached hydrogens (tertiary/aromatic N) is 4. The molecule has 0 radical (unpaired) electrons. The Hall–Kier alpha value is -3.33. The molecule has 0 N–H and O–H groups in total. The number of fused-ring (bicyclic) bond motifs is 1. The van der Waals surface area contributed by atoms with Crippen molar-refractivity contribution >= 4 is 17.1 Å². The Labute approximate surface area is 133 Å². The molecule has 0 fully saturated rings. The van der Waals surface area contributed by atoms with E-state index in [2.05, 4.69) is 11.2 Å². The van der Waals surface area contributed by atoms with Crippen LogP contribution in [0.5, 0.6) is 5.75 Å². The summed E-state index contributed by atoms with van der Waals surface area (Å²) in [5, 5.41) is 13.1. The number of amides is 1. The predicted octanol–water partition coefficient (Wildman–Crippen LogP) is 2.49. The number of hydrogen-bond donors (Lipinski definition) is 0. The number of benzene rings is 1. The molecule has 6 heteroatoms. The van der Waals surface area contributed by atoms with Crippen LogP contribution in [0.25, 0.3) is 5.52 Å². The molecule has 1 amide bonds. The van der Waals surface area contributed by atoms with Gasteiger partial charge in [0, 0.05) is 36.8 Å². The van der Waals surface area contributed by atoms with Crippen LogP contribution < -0.4 is 9.64 Å². The second-order valence-electron chi connectivity index (χ2n) is 4.98. The molecule has 0 saturated carbocycles. The van der Waals surface area contributed by atoms with Gasteiger partial charge in [-0.25, -0.2) is 4.52 Å². The topological polar surface area (TPSA) is 70.6 Å². The molecule has 0 atom stereocenters. The van der Waals surface area contributed by atoms with Crippen molar-refractivity contribution in [1.82, 2.24) is 9.61 Å². The van der Waals surface area contributed by atoms with Crippen molar-refractivity contribution in [1.29, 1.82) is 5.26 Å². The summed E-state index contributed by atoms with van der Waals surface area (Å²) in [6.45, 7) is 0. The minimum Gasteiger partial charge on any atom is -0.495 e. The molecular weight excluding hydrogens is 292 g/mol. The van der Waals surface area contributed by atoms with Crippen molar-refractivity contribution in [3.05, 3.63) is 59.9 Å². The van der Waals surface area contributed by atoms with Crippen LogP contribution in [0.2, 0.25) is 0 Å². The van der Waals surface area contributed by atoms with Crippen LogP contribution in [-0.4, -0.2) is 29.7 Å². The zero-order chi connectivity index (χ0) is 16.4. The van der Waals surface area contributed by atoms with Gasteiger partial charge in [0.05, 0.1) is 18.2 Å². The lowest BCUT2D eigenvalue weighted by Gasteiger charge is -2.18. The van der Waals surface area contributed by atoms with Crippen LogP contribution in [0.15, 0.2) is 48.8 Å². The van der Waals surface area contributed by atoms with E-state index in [1.54, 1.807) is 54.3 Å². The van der Waals surface area contributed by atoms with Crippen molar-refractivity contribution in [2.24, 2.45) is 0 Å². The second-order valence-corrected chi connectivity index (χ2v) is 4.98. The normalized spacial score (nSPS) is 10.3. The SMILES string of the molecule is COc1cc(N(C)C(=O)c2ccn3nccc3c2)ccc1C#N. The molecule has 0 bridgehead atoms. The monoisotopic (exact) mass is 306 g/mol. The molecular formula is C17H14N4O2. The highest BCUT2D eigenvalue weighted by molar-refractivity contribution is 6.06. The van der Waals surface area contributed by atoms with Crippen molar-refractivity contribution in [2.45, 2.75) is 0 Å². The van der Waals surface area contributed by atoms with Gasteiger partial charge in [0.2, 0.25) is 0 Å². The van der Waals surface area contributed by atoms with Crippen molar-refractivity contribution < 1.29 is 9.53 Å². The lowest BCUT2D eigenvalue weighted by Crippen LogP contribution is -2.26. The molecule has 0 aliphatic carbocycles. The van der Waals surface area contributed by atoms with E-state index in [4.69, 9.17) is 10.00 Å². The van der Waals surface area contributed by atoms with Crippen LogP contribution in [0.1, 0.15) is 15.9 Å². The third kappa shape index (κ3) is 2.60. The molecule has 0 saturated heterocycles. The first-order valence-corrected chi connectivity index (χ1v) is 6.93. The fourth-order valence-electron chi connectivity index (χ4n) is 2.35. The number of methoxy groups -OCH3 is 1. The van der Waals surface area contributed by atoms with Gasteiger partial charge in [0.25, 0.3) is 5.91 Å². The Morgan fingerprint density at radius 1 is 1.30 bits per heavy atom. The predicted molar refractivity (Wildman–Crippen MR) is 85.6 cm³/mol. The minimum atomic E-state index is -0.152. The number of pyridine rings is 1. The Morgan fingerprint density at radius 3 is 2.87 bits per heavy atom. The molecule has 0 aliphatic rings. The number of hydrogen-bond acceptors (Lipinski definition) is 4. The Kier molecular flexibility index (Phi) is 3.69. The standard InChI is InChI=1S/C17H14N4O2/c1-20(14-4-3-13(11-18)16(10-14)23-2)17(22)12-6-8-21-15(9-12)5-7-19-21/h3-10H,1-2H3. The van der Waals surface area contributed by atoms with Gasteiger partial charge < -0.3 is 9.64 Å². The van der Waals surface area contributed by atoms with Crippen molar-refractivity contribution in [3.63, 3.8) is 0 Å². The third-order valence-electron chi connectivity index (χ3n) is 3.64. The summed E-state index contributed by atoms with van der Waals surface area (Å²) in [6.07, 6.45) is 3.43. The molecule has 6 nitrogen and oxygen atoms in total. The van der Waals surface area contributed by atoms with E-state index >= 15 is 0 Å². The molecule has 3 aromatic rings. The van der Waals surface area contributed by atoms with E-state index in [-0.39, 0.29) is 5.91 Å². The first kappa shape index (κ1) is 14.6. The van der Waals surface area contributed by atoms with Gasteiger partial charge in [0.1, 0.15) is 11.8 Å². The van der Waals surface area contributed by atoms with Gasteiger partial charge in [-0.2, -0.15) is 10.4 Å². The quantitative estimate of drug-likeness (QED) is 0.745. The Bertz CT molecular complexity index is 924. The van der Waals surface area contributed by atoms with E-state index < -0.39 is 0 Å². The van der Waals surface area contributed by atoms with E-state index in [0.29, 0.717) is 22.6 Å². The third-order valence-corrected chi connectivity index (χ3v) is 3.64. The zero-order valence-corrected chi connectivity index (χ0v) is 12.7. The molecule has 0 unspecified atom stereocenters. The van der Waals surface area contributed by atoms with E-state index in [9.17, 15) is 4.79 Å². The number of aromatic nitrogens is 2. The number of anilines is 1. The molecule has 114 valence electrons. The summed E-state index contributed by atoms with van der Waals surface area (Å²) in [5.41, 5.74) is 2.49.